The second kappa shape index (κ2) is 11.8. The number of hydrogen-bond donors (Lipinski definition) is 0. The van der Waals surface area contributed by atoms with Crippen LogP contribution >= 0.6 is 0 Å². The van der Waals surface area contributed by atoms with E-state index in [1.807, 2.05) is 110 Å². The predicted molar refractivity (Wildman–Crippen MR) is 149 cm³/mol. The van der Waals surface area contributed by atoms with Gasteiger partial charge in [0.15, 0.2) is 5.79 Å². The fourth-order valence-corrected chi connectivity index (χ4v) is 6.13. The molecule has 1 amide bonds. The topological polar surface area (TPSA) is 66.5 Å². The molecule has 3 aromatic carbocycles. The lowest BCUT2D eigenvalue weighted by molar-refractivity contribution is -0.185. The Morgan fingerprint density at radius 3 is 1.82 bits per heavy atom. The molecule has 0 bridgehead atoms. The monoisotopic (exact) mass is 543 g/mol. The summed E-state index contributed by atoms with van der Waals surface area (Å²) >= 11 is 0. The highest BCUT2D eigenvalue weighted by Crippen LogP contribution is 2.47. The Kier molecular flexibility index (Phi) is 8.01. The highest BCUT2D eigenvalue weighted by molar-refractivity contribution is 5.88. The molecule has 3 aliphatic rings. The van der Waals surface area contributed by atoms with Crippen LogP contribution in [0, 0.1) is 5.92 Å². The summed E-state index contributed by atoms with van der Waals surface area (Å²) in [5.41, 5.74) is 3.23. The van der Waals surface area contributed by atoms with Crippen LogP contribution in [0.2, 0.25) is 0 Å². The normalized spacial score (nSPS) is 28.9. The average Bonchev–Trinajstić information content (AvgIpc) is 3.46. The van der Waals surface area contributed by atoms with E-state index in [0.29, 0.717) is 33.0 Å². The Morgan fingerprint density at radius 1 is 0.775 bits per heavy atom. The molecule has 0 aromatic heterocycles. The van der Waals surface area contributed by atoms with Crippen molar-refractivity contribution in [2.45, 2.75) is 69.9 Å². The summed E-state index contributed by atoms with van der Waals surface area (Å²) in [6.07, 6.45) is -1.04. The molecular formula is C33H37NO6. The van der Waals surface area contributed by atoms with Gasteiger partial charge in [0.25, 0.3) is 0 Å². The molecule has 3 aromatic rings. The van der Waals surface area contributed by atoms with Crippen LogP contribution in [0.15, 0.2) is 91.0 Å². The Hall–Kier alpha value is -3.07. The van der Waals surface area contributed by atoms with Crippen molar-refractivity contribution in [1.29, 1.82) is 0 Å². The lowest BCUT2D eigenvalue weighted by Crippen LogP contribution is -2.67. The maximum absolute atomic E-state index is 13.7. The third kappa shape index (κ3) is 5.71. The number of β-lactam (4-membered cyclic amide) rings is 1. The summed E-state index contributed by atoms with van der Waals surface area (Å²) in [4.78, 5) is 15.7. The molecule has 6 rings (SSSR count). The van der Waals surface area contributed by atoms with Gasteiger partial charge < -0.3 is 28.6 Å². The van der Waals surface area contributed by atoms with E-state index in [2.05, 4.69) is 0 Å². The van der Waals surface area contributed by atoms with Crippen molar-refractivity contribution in [3.8, 4) is 0 Å². The number of rotatable bonds is 11. The van der Waals surface area contributed by atoms with Crippen LogP contribution in [0.5, 0.6) is 0 Å². The van der Waals surface area contributed by atoms with Crippen molar-refractivity contribution in [2.24, 2.45) is 5.92 Å². The first-order valence-corrected chi connectivity index (χ1v) is 14.1. The molecule has 0 saturated carbocycles. The van der Waals surface area contributed by atoms with Gasteiger partial charge in [-0.05, 0) is 30.5 Å². The summed E-state index contributed by atoms with van der Waals surface area (Å²) in [5, 5.41) is 0. The minimum absolute atomic E-state index is 0.0451. The maximum atomic E-state index is 13.7. The zero-order valence-electron chi connectivity index (χ0n) is 23.1. The zero-order chi connectivity index (χ0) is 27.5. The van der Waals surface area contributed by atoms with Gasteiger partial charge in [-0.1, -0.05) is 91.0 Å². The van der Waals surface area contributed by atoms with Crippen molar-refractivity contribution in [2.75, 3.05) is 13.2 Å². The smallest absolute Gasteiger partial charge is 0.231 e. The third-order valence-electron chi connectivity index (χ3n) is 8.03. The predicted octanol–water partition coefficient (Wildman–Crippen LogP) is 4.73. The van der Waals surface area contributed by atoms with Crippen molar-refractivity contribution in [3.05, 3.63) is 108 Å². The number of nitrogens with zero attached hydrogens (tertiary/aromatic N) is 1. The van der Waals surface area contributed by atoms with Gasteiger partial charge >= 0.3 is 0 Å². The number of amides is 1. The van der Waals surface area contributed by atoms with E-state index >= 15 is 0 Å². The van der Waals surface area contributed by atoms with E-state index in [4.69, 9.17) is 23.7 Å². The molecule has 3 saturated heterocycles. The second-order valence-electron chi connectivity index (χ2n) is 11.2. The van der Waals surface area contributed by atoms with Gasteiger partial charge in [-0.2, -0.15) is 0 Å². The van der Waals surface area contributed by atoms with Gasteiger partial charge in [0.2, 0.25) is 5.91 Å². The van der Waals surface area contributed by atoms with Crippen LogP contribution in [0.3, 0.4) is 0 Å². The fourth-order valence-electron chi connectivity index (χ4n) is 6.13. The number of hydrogen-bond acceptors (Lipinski definition) is 6. The van der Waals surface area contributed by atoms with Gasteiger partial charge in [0, 0.05) is 0 Å². The number of carbonyl (C=O) groups excluding carboxylic acids is 1. The molecular weight excluding hydrogens is 506 g/mol. The van der Waals surface area contributed by atoms with E-state index in [1.54, 1.807) is 0 Å². The summed E-state index contributed by atoms with van der Waals surface area (Å²) in [6.45, 7) is 5.80. The van der Waals surface area contributed by atoms with E-state index < -0.39 is 5.79 Å². The second-order valence-corrected chi connectivity index (χ2v) is 11.2. The van der Waals surface area contributed by atoms with Gasteiger partial charge in [-0.25, -0.2) is 0 Å². The number of benzene rings is 3. The molecule has 0 N–H and O–H groups in total. The highest BCUT2D eigenvalue weighted by atomic mass is 16.7. The molecule has 3 heterocycles. The third-order valence-corrected chi connectivity index (χ3v) is 8.03. The molecule has 7 nitrogen and oxygen atoms in total. The first-order chi connectivity index (χ1) is 19.5. The molecule has 210 valence electrons. The minimum atomic E-state index is -0.716. The van der Waals surface area contributed by atoms with E-state index in [0.717, 1.165) is 16.7 Å². The van der Waals surface area contributed by atoms with Crippen molar-refractivity contribution < 1.29 is 28.5 Å². The van der Waals surface area contributed by atoms with Gasteiger partial charge in [-0.15, -0.1) is 0 Å². The van der Waals surface area contributed by atoms with Crippen LogP contribution in [0.25, 0.3) is 0 Å². The highest BCUT2D eigenvalue weighted by Gasteiger charge is 2.67. The minimum Gasteiger partial charge on any atom is -0.375 e. The Bertz CT molecular complexity index is 1250. The fraction of sp³-hybridized carbons (Fsp3) is 0.424. The molecule has 0 unspecified atom stereocenters. The quantitative estimate of drug-likeness (QED) is 0.326. The summed E-state index contributed by atoms with van der Waals surface area (Å²) in [6, 6.07) is 29.8. The van der Waals surface area contributed by atoms with E-state index in [-0.39, 0.29) is 42.2 Å². The molecule has 40 heavy (non-hydrogen) atoms. The first-order valence-electron chi connectivity index (χ1n) is 14.1. The zero-order valence-corrected chi connectivity index (χ0v) is 23.1. The largest absolute Gasteiger partial charge is 0.375 e. The number of ether oxygens (including phenoxy) is 5. The van der Waals surface area contributed by atoms with E-state index in [1.165, 1.54) is 0 Å². The van der Waals surface area contributed by atoms with Gasteiger partial charge in [0.1, 0.15) is 12.2 Å². The lowest BCUT2D eigenvalue weighted by atomic mass is 9.82. The van der Waals surface area contributed by atoms with Crippen LogP contribution in [-0.4, -0.2) is 60.2 Å². The van der Waals surface area contributed by atoms with Crippen LogP contribution in [-0.2, 0) is 48.3 Å². The summed E-state index contributed by atoms with van der Waals surface area (Å²) in [7, 11) is 0. The van der Waals surface area contributed by atoms with Gasteiger partial charge in [-0.3, -0.25) is 4.79 Å². The van der Waals surface area contributed by atoms with Gasteiger partial charge in [0.05, 0.1) is 57.1 Å². The SMILES string of the molecule is CC1(C)OC[C@H]([C@@H]2C(=O)N3[C@@H]2[C@@H](OCc2ccccc2)[C@H](OCc2ccccc2)[C@H]3COCc2ccccc2)O1. The number of carbonyl (C=O) groups is 1. The van der Waals surface area contributed by atoms with Crippen molar-refractivity contribution in [1.82, 2.24) is 4.90 Å². The molecule has 0 radical (unpaired) electrons. The molecule has 3 fully saturated rings. The molecule has 0 aliphatic carbocycles. The summed E-state index contributed by atoms with van der Waals surface area (Å²) < 4.78 is 31.5. The average molecular weight is 544 g/mol. The Balaban J connectivity index is 1.26. The molecule has 0 spiro atoms. The van der Waals surface area contributed by atoms with E-state index in [9.17, 15) is 4.79 Å². The molecule has 3 aliphatic heterocycles. The standard InChI is InChI=1S/C33H37NO6/c1-33(2)39-22-27(40-33)28-29-31(38-20-25-16-10-5-11-17-25)30(37-19-24-14-8-4-9-15-24)26(34(29)32(28)35)21-36-18-23-12-6-3-7-13-23/h3-17,26-31H,18-22H2,1-2H3/t26-,27-,28+,29+,30-,31-/m1/s1. The van der Waals surface area contributed by atoms with Crippen molar-refractivity contribution >= 4 is 5.91 Å². The Morgan fingerprint density at radius 2 is 1.30 bits per heavy atom. The molecule has 6 atom stereocenters. The van der Waals surface area contributed by atoms with Crippen LogP contribution < -0.4 is 0 Å². The van der Waals surface area contributed by atoms with Crippen molar-refractivity contribution in [3.63, 3.8) is 0 Å². The Labute approximate surface area is 235 Å². The summed E-state index contributed by atoms with van der Waals surface area (Å²) in [5.74, 6) is -1.03. The van der Waals surface area contributed by atoms with Crippen LogP contribution in [0.1, 0.15) is 30.5 Å². The first kappa shape index (κ1) is 27.1. The number of fused-ring (bicyclic) bond motifs is 1. The lowest BCUT2D eigenvalue weighted by Gasteiger charge is -2.48. The molecule has 7 heteroatoms. The van der Waals surface area contributed by atoms with Crippen LogP contribution in [0.4, 0.5) is 0 Å². The maximum Gasteiger partial charge on any atom is 0.231 e.